The van der Waals surface area contributed by atoms with Gasteiger partial charge in [0.15, 0.2) is 0 Å². The Morgan fingerprint density at radius 3 is 2.95 bits per heavy atom. The zero-order valence-electron chi connectivity index (χ0n) is 10.3. The van der Waals surface area contributed by atoms with Crippen molar-refractivity contribution in [1.82, 2.24) is 15.0 Å². The largest absolute Gasteiger partial charge is 0.349 e. The minimum absolute atomic E-state index is 0.421. The van der Waals surface area contributed by atoms with E-state index < -0.39 is 0 Å². The molecule has 0 atom stereocenters. The molecule has 0 amide bonds. The Balaban J connectivity index is 1.96. The smallest absolute Gasteiger partial charge is 0.238 e. The van der Waals surface area contributed by atoms with Gasteiger partial charge in [-0.1, -0.05) is 30.0 Å². The number of para-hydroxylation sites is 1. The van der Waals surface area contributed by atoms with Gasteiger partial charge in [-0.15, -0.1) is 0 Å². The number of anilines is 1. The maximum Gasteiger partial charge on any atom is 0.238 e. The molecule has 0 aliphatic rings. The fraction of sp³-hybridized carbons (Fsp3) is 0.0769. The number of nitrogens with two attached hydrogens (primary N) is 1. The first-order valence-corrected chi connectivity index (χ1v) is 6.64. The number of hydrogen-bond acceptors (Lipinski definition) is 5. The average Bonchev–Trinajstić information content (AvgIpc) is 2.83. The summed E-state index contributed by atoms with van der Waals surface area (Å²) in [5.41, 5.74) is 4.60. The third kappa shape index (κ3) is 2.40. The summed E-state index contributed by atoms with van der Waals surface area (Å²) in [6.45, 7) is 1.98. The molecule has 6 heteroatoms. The van der Waals surface area contributed by atoms with Gasteiger partial charge in [0.05, 0.1) is 5.03 Å². The van der Waals surface area contributed by atoms with E-state index in [1.54, 1.807) is 18.0 Å². The second-order valence-corrected chi connectivity index (χ2v) is 5.18. The van der Waals surface area contributed by atoms with E-state index in [-0.39, 0.29) is 0 Å². The quantitative estimate of drug-likeness (QED) is 0.388. The molecule has 1 aromatic carbocycles. The van der Waals surface area contributed by atoms with Crippen molar-refractivity contribution < 1.29 is 0 Å². The summed E-state index contributed by atoms with van der Waals surface area (Å²) in [7, 11) is 0. The molecule has 0 saturated heterocycles. The summed E-state index contributed by atoms with van der Waals surface area (Å²) in [5.74, 6) is 5.75. The summed E-state index contributed by atoms with van der Waals surface area (Å²) in [6, 6.07) is 10.3. The molecule has 0 fully saturated rings. The van der Waals surface area contributed by atoms with Crippen molar-refractivity contribution in [2.75, 3.05) is 5.43 Å². The number of nitrogens with one attached hydrogen (secondary N) is 2. The predicted molar refractivity (Wildman–Crippen MR) is 77.0 cm³/mol. The Morgan fingerprint density at radius 1 is 1.32 bits per heavy atom. The number of aryl methyl sites for hydroxylation is 1. The molecule has 0 aliphatic heterocycles. The van der Waals surface area contributed by atoms with Crippen LogP contribution < -0.4 is 11.3 Å². The summed E-state index contributed by atoms with van der Waals surface area (Å²) in [4.78, 5) is 11.8. The molecule has 19 heavy (non-hydrogen) atoms. The number of aromatic nitrogens is 3. The zero-order chi connectivity index (χ0) is 13.2. The van der Waals surface area contributed by atoms with Gasteiger partial charge in [0.25, 0.3) is 0 Å². The van der Waals surface area contributed by atoms with Crippen LogP contribution in [0.2, 0.25) is 0 Å². The number of rotatable bonds is 3. The molecule has 4 N–H and O–H groups in total. The summed E-state index contributed by atoms with van der Waals surface area (Å²) in [5, 5.41) is 3.12. The predicted octanol–water partition coefficient (Wildman–Crippen LogP) is 2.70. The van der Waals surface area contributed by atoms with Gasteiger partial charge in [-0.2, -0.15) is 0 Å². The second-order valence-electron chi connectivity index (χ2n) is 4.15. The molecule has 2 heterocycles. The number of H-pyrrole nitrogens is 1. The van der Waals surface area contributed by atoms with Crippen molar-refractivity contribution in [2.45, 2.75) is 17.0 Å². The molecule has 0 spiro atoms. The molecular formula is C13H13N5S. The molecule has 0 unspecified atom stereocenters. The Hall–Kier alpha value is -2.05. The van der Waals surface area contributed by atoms with Gasteiger partial charge < -0.3 is 4.98 Å². The Morgan fingerprint density at radius 2 is 2.16 bits per heavy atom. The van der Waals surface area contributed by atoms with Crippen molar-refractivity contribution in [3.05, 3.63) is 42.1 Å². The molecule has 2 aromatic heterocycles. The highest BCUT2D eigenvalue weighted by Gasteiger charge is 2.07. The number of benzene rings is 1. The SMILES string of the molecule is Cc1cnc(NN)nc1Sc1cc2ccccc2[nH]1. The lowest BCUT2D eigenvalue weighted by Crippen LogP contribution is -2.10. The van der Waals surface area contributed by atoms with Gasteiger partial charge >= 0.3 is 0 Å². The standard InChI is InChI=1S/C13H13N5S/c1-8-7-15-13(18-14)17-12(8)19-11-6-9-4-2-3-5-10(9)16-11/h2-7,16H,14H2,1H3,(H,15,17,18). The summed E-state index contributed by atoms with van der Waals surface area (Å²) >= 11 is 1.57. The van der Waals surface area contributed by atoms with E-state index in [4.69, 9.17) is 5.84 Å². The highest BCUT2D eigenvalue weighted by Crippen LogP contribution is 2.30. The van der Waals surface area contributed by atoms with Gasteiger partial charge in [0, 0.05) is 22.7 Å². The Bertz CT molecular complexity index is 689. The van der Waals surface area contributed by atoms with Gasteiger partial charge in [-0.3, -0.25) is 5.43 Å². The van der Waals surface area contributed by atoms with Gasteiger partial charge in [0.2, 0.25) is 5.95 Å². The topological polar surface area (TPSA) is 79.6 Å². The number of hydrazine groups is 1. The van der Waals surface area contributed by atoms with E-state index in [9.17, 15) is 0 Å². The van der Waals surface area contributed by atoms with Crippen LogP contribution in [0.1, 0.15) is 5.56 Å². The third-order valence-electron chi connectivity index (χ3n) is 2.77. The molecule has 0 radical (unpaired) electrons. The van der Waals surface area contributed by atoms with Crippen LogP contribution in [-0.2, 0) is 0 Å². The van der Waals surface area contributed by atoms with E-state index in [1.807, 2.05) is 19.1 Å². The molecule has 0 saturated carbocycles. The van der Waals surface area contributed by atoms with Crippen LogP contribution in [0.15, 0.2) is 46.6 Å². The third-order valence-corrected chi connectivity index (χ3v) is 3.81. The molecule has 0 aliphatic carbocycles. The first kappa shape index (κ1) is 12.0. The first-order chi connectivity index (χ1) is 9.26. The van der Waals surface area contributed by atoms with Gasteiger partial charge in [-0.05, 0) is 19.1 Å². The van der Waals surface area contributed by atoms with E-state index >= 15 is 0 Å². The lowest BCUT2D eigenvalue weighted by molar-refractivity contribution is 0.989. The van der Waals surface area contributed by atoms with Gasteiger partial charge in [-0.25, -0.2) is 15.8 Å². The number of aromatic amines is 1. The maximum absolute atomic E-state index is 5.33. The molecule has 96 valence electrons. The van der Waals surface area contributed by atoms with E-state index in [0.717, 1.165) is 21.1 Å². The molecular weight excluding hydrogens is 258 g/mol. The van der Waals surface area contributed by atoms with Crippen LogP contribution >= 0.6 is 11.8 Å². The minimum Gasteiger partial charge on any atom is -0.349 e. The van der Waals surface area contributed by atoms with E-state index in [1.165, 1.54) is 5.39 Å². The van der Waals surface area contributed by atoms with E-state index in [0.29, 0.717) is 5.95 Å². The van der Waals surface area contributed by atoms with Crippen molar-refractivity contribution in [1.29, 1.82) is 0 Å². The molecule has 5 nitrogen and oxygen atoms in total. The number of nitrogens with zero attached hydrogens (tertiary/aromatic N) is 2. The van der Waals surface area contributed by atoms with Crippen LogP contribution in [0, 0.1) is 6.92 Å². The van der Waals surface area contributed by atoms with Crippen LogP contribution in [-0.4, -0.2) is 15.0 Å². The van der Waals surface area contributed by atoms with Crippen molar-refractivity contribution in [3.8, 4) is 0 Å². The number of nitrogen functional groups attached to an aromatic ring is 1. The fourth-order valence-electron chi connectivity index (χ4n) is 1.81. The molecule has 3 rings (SSSR count). The van der Waals surface area contributed by atoms with Crippen LogP contribution in [0.4, 0.5) is 5.95 Å². The van der Waals surface area contributed by atoms with Crippen LogP contribution in [0.25, 0.3) is 10.9 Å². The number of fused-ring (bicyclic) bond motifs is 1. The molecule has 0 bridgehead atoms. The monoisotopic (exact) mass is 271 g/mol. The highest BCUT2D eigenvalue weighted by atomic mass is 32.2. The Labute approximate surface area is 114 Å². The minimum atomic E-state index is 0.421. The molecule has 3 aromatic rings. The lowest BCUT2D eigenvalue weighted by atomic mass is 10.3. The lowest BCUT2D eigenvalue weighted by Gasteiger charge is -2.04. The second kappa shape index (κ2) is 4.91. The van der Waals surface area contributed by atoms with Crippen molar-refractivity contribution in [2.24, 2.45) is 5.84 Å². The summed E-state index contributed by atoms with van der Waals surface area (Å²) in [6.07, 6.45) is 1.76. The highest BCUT2D eigenvalue weighted by molar-refractivity contribution is 7.99. The van der Waals surface area contributed by atoms with Gasteiger partial charge in [0.1, 0.15) is 5.03 Å². The van der Waals surface area contributed by atoms with Crippen LogP contribution in [0.5, 0.6) is 0 Å². The zero-order valence-corrected chi connectivity index (χ0v) is 11.2. The van der Waals surface area contributed by atoms with E-state index in [2.05, 4.69) is 38.6 Å². The first-order valence-electron chi connectivity index (χ1n) is 5.82. The van der Waals surface area contributed by atoms with Crippen molar-refractivity contribution >= 4 is 28.6 Å². The van der Waals surface area contributed by atoms with Crippen LogP contribution in [0.3, 0.4) is 0 Å². The fourth-order valence-corrected chi connectivity index (χ4v) is 2.71. The maximum atomic E-state index is 5.33. The number of hydrogen-bond donors (Lipinski definition) is 3. The normalized spacial score (nSPS) is 10.8. The summed E-state index contributed by atoms with van der Waals surface area (Å²) < 4.78 is 0. The van der Waals surface area contributed by atoms with Crippen molar-refractivity contribution in [3.63, 3.8) is 0 Å². The Kier molecular flexibility index (Phi) is 3.10. The average molecular weight is 271 g/mol.